The monoisotopic (exact) mass is 253 g/mol. The molecule has 0 aliphatic carbocycles. The Morgan fingerprint density at radius 1 is 1.41 bits per heavy atom. The Balaban J connectivity index is 2.05. The van der Waals surface area contributed by atoms with E-state index in [-0.39, 0.29) is 18.2 Å². The number of aromatic carboxylic acids is 1. The molecule has 0 spiro atoms. The molecular weight excluding hydrogens is 246 g/mol. The minimum absolute atomic E-state index is 0.0348. The number of nitrogens with zero attached hydrogens (tertiary/aromatic N) is 2. The fourth-order valence-corrected chi connectivity index (χ4v) is 1.32. The van der Waals surface area contributed by atoms with Gasteiger partial charge in [-0.3, -0.25) is 0 Å². The number of rotatable bonds is 4. The average Bonchev–Trinajstić information content (AvgIpc) is 2.76. The molecule has 0 amide bonds. The number of carboxylic acid groups (broad SMARTS) is 1. The molecule has 0 aliphatic rings. The van der Waals surface area contributed by atoms with Crippen LogP contribution < -0.4 is 4.74 Å². The van der Waals surface area contributed by atoms with Crippen molar-refractivity contribution < 1.29 is 14.6 Å². The Morgan fingerprint density at radius 3 is 2.76 bits per heavy atom. The van der Waals surface area contributed by atoms with E-state index in [0.29, 0.717) is 5.02 Å². The molecule has 0 unspecified atom stereocenters. The summed E-state index contributed by atoms with van der Waals surface area (Å²) < 4.78 is 5.24. The third-order valence-electron chi connectivity index (χ3n) is 2.02. The van der Waals surface area contributed by atoms with E-state index >= 15 is 0 Å². The van der Waals surface area contributed by atoms with Gasteiger partial charge in [-0.2, -0.15) is 0 Å². The van der Waals surface area contributed by atoms with Crippen LogP contribution in [0.15, 0.2) is 24.3 Å². The zero-order chi connectivity index (χ0) is 12.3. The molecule has 2 N–H and O–H groups in total. The Bertz CT molecular complexity index is 524. The van der Waals surface area contributed by atoms with Gasteiger partial charge in [-0.05, 0) is 17.7 Å². The summed E-state index contributed by atoms with van der Waals surface area (Å²) in [7, 11) is 0. The highest BCUT2D eigenvalue weighted by Crippen LogP contribution is 2.14. The standard InChI is InChI=1S/C10H8ClN3O3/c11-7-3-1-6(2-4-7)5-17-9-8(10(15)16)12-14-13-9/h1-4H,5H2,(H,15,16)(H,12,13,14). The number of ether oxygens (including phenoxy) is 1. The van der Waals surface area contributed by atoms with Crippen molar-refractivity contribution in [2.24, 2.45) is 0 Å². The second kappa shape index (κ2) is 4.84. The molecule has 7 heteroatoms. The molecule has 1 aromatic carbocycles. The van der Waals surface area contributed by atoms with Crippen LogP contribution in [0, 0.1) is 0 Å². The summed E-state index contributed by atoms with van der Waals surface area (Å²) in [5, 5.41) is 18.6. The fourth-order valence-electron chi connectivity index (χ4n) is 1.19. The van der Waals surface area contributed by atoms with Gasteiger partial charge in [0, 0.05) is 5.02 Å². The predicted molar refractivity (Wildman–Crippen MR) is 59.1 cm³/mol. The number of H-pyrrole nitrogens is 1. The summed E-state index contributed by atoms with van der Waals surface area (Å²) in [4.78, 5) is 10.7. The highest BCUT2D eigenvalue weighted by Gasteiger charge is 2.15. The Hall–Kier alpha value is -2.08. The summed E-state index contributed by atoms with van der Waals surface area (Å²) in [6, 6.07) is 7.01. The number of carboxylic acids is 1. The summed E-state index contributed by atoms with van der Waals surface area (Å²) in [5.74, 6) is -1.20. The van der Waals surface area contributed by atoms with Crippen LogP contribution in [-0.4, -0.2) is 26.5 Å². The van der Waals surface area contributed by atoms with Gasteiger partial charge in [0.05, 0.1) is 0 Å². The van der Waals surface area contributed by atoms with Crippen LogP contribution in [0.25, 0.3) is 0 Å². The van der Waals surface area contributed by atoms with E-state index in [1.807, 2.05) is 0 Å². The van der Waals surface area contributed by atoms with Gasteiger partial charge in [0.15, 0.2) is 0 Å². The van der Waals surface area contributed by atoms with Gasteiger partial charge >= 0.3 is 5.97 Å². The Kier molecular flexibility index (Phi) is 3.24. The number of benzene rings is 1. The topological polar surface area (TPSA) is 88.1 Å². The van der Waals surface area contributed by atoms with Crippen molar-refractivity contribution in [1.29, 1.82) is 0 Å². The molecule has 6 nitrogen and oxygen atoms in total. The minimum atomic E-state index is -1.17. The van der Waals surface area contributed by atoms with E-state index < -0.39 is 5.97 Å². The quantitative estimate of drug-likeness (QED) is 0.866. The fraction of sp³-hybridized carbons (Fsp3) is 0.100. The predicted octanol–water partition coefficient (Wildman–Crippen LogP) is 1.74. The number of hydrogen-bond donors (Lipinski definition) is 2. The zero-order valence-electron chi connectivity index (χ0n) is 8.55. The molecule has 0 aliphatic heterocycles. The van der Waals surface area contributed by atoms with Crippen LogP contribution in [0.4, 0.5) is 0 Å². The van der Waals surface area contributed by atoms with Crippen molar-refractivity contribution in [3.8, 4) is 5.88 Å². The van der Waals surface area contributed by atoms with Crippen LogP contribution in [0.3, 0.4) is 0 Å². The zero-order valence-corrected chi connectivity index (χ0v) is 9.31. The smallest absolute Gasteiger partial charge is 0.359 e. The maximum absolute atomic E-state index is 10.7. The molecule has 1 heterocycles. The van der Waals surface area contributed by atoms with Crippen molar-refractivity contribution in [2.75, 3.05) is 0 Å². The van der Waals surface area contributed by atoms with E-state index in [0.717, 1.165) is 5.56 Å². The molecule has 0 saturated carbocycles. The van der Waals surface area contributed by atoms with E-state index in [4.69, 9.17) is 21.4 Å². The highest BCUT2D eigenvalue weighted by atomic mass is 35.5. The van der Waals surface area contributed by atoms with Crippen LogP contribution in [0.2, 0.25) is 5.02 Å². The van der Waals surface area contributed by atoms with Gasteiger partial charge in [-0.15, -0.1) is 0 Å². The molecule has 2 rings (SSSR count). The molecule has 2 aromatic rings. The van der Waals surface area contributed by atoms with E-state index in [2.05, 4.69) is 15.4 Å². The van der Waals surface area contributed by atoms with Crippen LogP contribution in [-0.2, 0) is 6.61 Å². The van der Waals surface area contributed by atoms with Gasteiger partial charge < -0.3 is 9.84 Å². The second-order valence-corrected chi connectivity index (χ2v) is 3.65. The lowest BCUT2D eigenvalue weighted by Gasteiger charge is -2.03. The number of hydrogen-bond acceptors (Lipinski definition) is 4. The first kappa shape index (κ1) is 11.4. The number of aromatic nitrogens is 3. The molecule has 0 saturated heterocycles. The minimum Gasteiger partial charge on any atom is -0.476 e. The third kappa shape index (κ3) is 2.73. The summed E-state index contributed by atoms with van der Waals surface area (Å²) in [6.45, 7) is 0.198. The molecular formula is C10H8ClN3O3. The molecule has 17 heavy (non-hydrogen) atoms. The summed E-state index contributed by atoms with van der Waals surface area (Å²) in [6.07, 6.45) is 0. The van der Waals surface area contributed by atoms with E-state index in [1.165, 1.54) is 0 Å². The van der Waals surface area contributed by atoms with Crippen molar-refractivity contribution >= 4 is 17.6 Å². The molecule has 1 aromatic heterocycles. The molecule has 0 bridgehead atoms. The third-order valence-corrected chi connectivity index (χ3v) is 2.27. The molecule has 0 fully saturated rings. The second-order valence-electron chi connectivity index (χ2n) is 3.21. The first-order chi connectivity index (χ1) is 8.16. The first-order valence-electron chi connectivity index (χ1n) is 4.68. The van der Waals surface area contributed by atoms with Crippen LogP contribution in [0.5, 0.6) is 5.88 Å². The van der Waals surface area contributed by atoms with Crippen molar-refractivity contribution in [2.45, 2.75) is 6.61 Å². The lowest BCUT2D eigenvalue weighted by atomic mass is 10.2. The highest BCUT2D eigenvalue weighted by molar-refractivity contribution is 6.30. The molecule has 0 atom stereocenters. The number of carbonyl (C=O) groups is 1. The number of halogens is 1. The largest absolute Gasteiger partial charge is 0.476 e. The number of aromatic amines is 1. The van der Waals surface area contributed by atoms with Crippen molar-refractivity contribution in [3.63, 3.8) is 0 Å². The van der Waals surface area contributed by atoms with Gasteiger partial charge in [0.1, 0.15) is 6.61 Å². The Labute approximate surface area is 101 Å². The van der Waals surface area contributed by atoms with Gasteiger partial charge in [0.2, 0.25) is 5.69 Å². The first-order valence-corrected chi connectivity index (χ1v) is 5.06. The lowest BCUT2D eigenvalue weighted by Crippen LogP contribution is -2.03. The SMILES string of the molecule is O=C(O)c1[nH]nnc1OCc1ccc(Cl)cc1. The molecule has 88 valence electrons. The lowest BCUT2D eigenvalue weighted by molar-refractivity contribution is 0.0685. The maximum atomic E-state index is 10.7. The van der Waals surface area contributed by atoms with Gasteiger partial charge in [0.25, 0.3) is 5.88 Å². The van der Waals surface area contributed by atoms with E-state index in [9.17, 15) is 4.79 Å². The van der Waals surface area contributed by atoms with Gasteiger partial charge in [-0.1, -0.05) is 34.0 Å². The molecule has 0 radical (unpaired) electrons. The van der Waals surface area contributed by atoms with Crippen LogP contribution >= 0.6 is 11.6 Å². The van der Waals surface area contributed by atoms with E-state index in [1.54, 1.807) is 24.3 Å². The van der Waals surface area contributed by atoms with Crippen molar-refractivity contribution in [3.05, 3.63) is 40.5 Å². The average molecular weight is 254 g/mol. The summed E-state index contributed by atoms with van der Waals surface area (Å²) in [5.41, 5.74) is 0.688. The van der Waals surface area contributed by atoms with Crippen LogP contribution in [0.1, 0.15) is 16.1 Å². The maximum Gasteiger partial charge on any atom is 0.359 e. The van der Waals surface area contributed by atoms with Crippen molar-refractivity contribution in [1.82, 2.24) is 15.4 Å². The summed E-state index contributed by atoms with van der Waals surface area (Å²) >= 11 is 5.73. The van der Waals surface area contributed by atoms with Gasteiger partial charge in [-0.25, -0.2) is 9.89 Å². The Morgan fingerprint density at radius 2 is 2.12 bits per heavy atom. The normalized spacial score (nSPS) is 10.2. The number of nitrogens with one attached hydrogen (secondary N) is 1.